The van der Waals surface area contributed by atoms with Gasteiger partial charge in [0.1, 0.15) is 6.33 Å². The lowest BCUT2D eigenvalue weighted by Crippen LogP contribution is -2.44. The van der Waals surface area contributed by atoms with Crippen LogP contribution in [0.25, 0.3) is 0 Å². The third kappa shape index (κ3) is 3.47. The monoisotopic (exact) mass is 250 g/mol. The molecule has 0 saturated heterocycles. The second-order valence-electron chi connectivity index (χ2n) is 4.64. The summed E-state index contributed by atoms with van der Waals surface area (Å²) in [5, 5.41) is 0. The molecular formula is C10H13F3N2O2. The zero-order valence-corrected chi connectivity index (χ0v) is 9.65. The molecule has 4 nitrogen and oxygen atoms in total. The quantitative estimate of drug-likeness (QED) is 0.769. The van der Waals surface area contributed by atoms with Gasteiger partial charge in [-0.25, -0.2) is 14.3 Å². The van der Waals surface area contributed by atoms with Crippen molar-refractivity contribution in [1.82, 2.24) is 9.55 Å². The molecule has 0 fully saturated rings. The number of hydrogen-bond donors (Lipinski definition) is 0. The average Bonchev–Trinajstić information content (AvgIpc) is 2.62. The number of alkyl halides is 3. The normalized spacial score (nSPS) is 14.5. The molecule has 0 amide bonds. The fraction of sp³-hybridized carbons (Fsp3) is 0.600. The van der Waals surface area contributed by atoms with Gasteiger partial charge in [0.05, 0.1) is 0 Å². The van der Waals surface area contributed by atoms with E-state index in [9.17, 15) is 18.0 Å². The number of carbonyl (C=O) groups excluding carboxylic acids is 1. The molecule has 0 aliphatic carbocycles. The molecule has 1 rings (SSSR count). The molecule has 0 bridgehead atoms. The Labute approximate surface area is 96.4 Å². The van der Waals surface area contributed by atoms with Gasteiger partial charge in [-0.2, -0.15) is 13.2 Å². The van der Waals surface area contributed by atoms with Gasteiger partial charge in [0.2, 0.25) is 6.10 Å². The summed E-state index contributed by atoms with van der Waals surface area (Å²) in [4.78, 5) is 15.0. The summed E-state index contributed by atoms with van der Waals surface area (Å²) < 4.78 is 43.5. The topological polar surface area (TPSA) is 44.1 Å². The Morgan fingerprint density at radius 1 is 1.35 bits per heavy atom. The van der Waals surface area contributed by atoms with Crippen molar-refractivity contribution in [1.29, 1.82) is 0 Å². The van der Waals surface area contributed by atoms with Crippen LogP contribution in [-0.2, 0) is 4.74 Å². The first-order valence-corrected chi connectivity index (χ1v) is 4.88. The molecule has 1 aromatic rings. The summed E-state index contributed by atoms with van der Waals surface area (Å²) in [5.41, 5.74) is -1.23. The van der Waals surface area contributed by atoms with Gasteiger partial charge in [-0.05, 0) is 0 Å². The van der Waals surface area contributed by atoms with Crippen molar-refractivity contribution in [3.63, 3.8) is 0 Å². The predicted molar refractivity (Wildman–Crippen MR) is 53.4 cm³/mol. The highest BCUT2D eigenvalue weighted by Crippen LogP contribution is 2.35. The van der Waals surface area contributed by atoms with E-state index >= 15 is 0 Å². The average molecular weight is 250 g/mol. The Kier molecular flexibility index (Phi) is 3.49. The van der Waals surface area contributed by atoms with Crippen LogP contribution in [0, 0.1) is 5.41 Å². The fourth-order valence-corrected chi connectivity index (χ4v) is 1.26. The van der Waals surface area contributed by atoms with Crippen molar-refractivity contribution in [3.05, 3.63) is 18.7 Å². The maximum atomic E-state index is 12.7. The number of aromatic nitrogens is 2. The first-order chi connectivity index (χ1) is 7.62. The third-order valence-electron chi connectivity index (χ3n) is 2.02. The van der Waals surface area contributed by atoms with Crippen molar-refractivity contribution < 1.29 is 22.7 Å². The fourth-order valence-electron chi connectivity index (χ4n) is 1.26. The van der Waals surface area contributed by atoms with Crippen molar-refractivity contribution in [2.45, 2.75) is 33.1 Å². The molecule has 0 N–H and O–H groups in total. The van der Waals surface area contributed by atoms with E-state index in [0.717, 1.165) is 10.9 Å². The van der Waals surface area contributed by atoms with Crippen LogP contribution in [0.15, 0.2) is 18.7 Å². The first-order valence-electron chi connectivity index (χ1n) is 4.88. The van der Waals surface area contributed by atoms with E-state index < -0.39 is 23.8 Å². The molecule has 96 valence electrons. The number of imidazole rings is 1. The SMILES string of the molecule is CC(C)(C)C(OC(=O)n1ccnc1)C(F)(F)F. The van der Waals surface area contributed by atoms with Gasteiger partial charge in [0.25, 0.3) is 0 Å². The molecular weight excluding hydrogens is 237 g/mol. The summed E-state index contributed by atoms with van der Waals surface area (Å²) >= 11 is 0. The van der Waals surface area contributed by atoms with E-state index in [-0.39, 0.29) is 0 Å². The Bertz CT molecular complexity index is 365. The molecule has 0 radical (unpaired) electrons. The molecule has 17 heavy (non-hydrogen) atoms. The number of carbonyl (C=O) groups is 1. The Balaban J connectivity index is 2.85. The van der Waals surface area contributed by atoms with Crippen LogP contribution in [0.4, 0.5) is 18.0 Å². The number of rotatable bonds is 1. The van der Waals surface area contributed by atoms with Crippen molar-refractivity contribution >= 4 is 6.09 Å². The number of nitrogens with zero attached hydrogens (tertiary/aromatic N) is 2. The van der Waals surface area contributed by atoms with Gasteiger partial charge in [-0.3, -0.25) is 0 Å². The molecule has 0 saturated carbocycles. The van der Waals surface area contributed by atoms with Crippen molar-refractivity contribution in [3.8, 4) is 0 Å². The van der Waals surface area contributed by atoms with Crippen LogP contribution >= 0.6 is 0 Å². The predicted octanol–water partition coefficient (Wildman–Crippen LogP) is 2.84. The van der Waals surface area contributed by atoms with Gasteiger partial charge in [0.15, 0.2) is 0 Å². The summed E-state index contributed by atoms with van der Waals surface area (Å²) in [5.74, 6) is 0. The molecule has 1 heterocycles. The zero-order chi connectivity index (χ0) is 13.3. The lowest BCUT2D eigenvalue weighted by molar-refractivity contribution is -0.230. The lowest BCUT2D eigenvalue weighted by Gasteiger charge is -2.31. The van der Waals surface area contributed by atoms with E-state index in [2.05, 4.69) is 9.72 Å². The van der Waals surface area contributed by atoms with Crippen molar-refractivity contribution in [2.75, 3.05) is 0 Å². The smallest absolute Gasteiger partial charge is 0.426 e. The Morgan fingerprint density at radius 3 is 2.29 bits per heavy atom. The highest BCUT2D eigenvalue weighted by atomic mass is 19.4. The summed E-state index contributed by atoms with van der Waals surface area (Å²) in [6.07, 6.45) is -4.28. The number of hydrogen-bond acceptors (Lipinski definition) is 3. The van der Waals surface area contributed by atoms with Gasteiger partial charge in [-0.15, -0.1) is 0 Å². The Hall–Kier alpha value is -1.53. The minimum absolute atomic E-state index is 0.852. The lowest BCUT2D eigenvalue weighted by atomic mass is 9.88. The summed E-state index contributed by atoms with van der Waals surface area (Å²) in [7, 11) is 0. The van der Waals surface area contributed by atoms with Crippen LogP contribution in [-0.4, -0.2) is 27.9 Å². The minimum Gasteiger partial charge on any atom is -0.435 e. The van der Waals surface area contributed by atoms with Gasteiger partial charge < -0.3 is 4.74 Å². The minimum atomic E-state index is -4.60. The largest absolute Gasteiger partial charge is 0.435 e. The molecule has 0 aliphatic heterocycles. The van der Waals surface area contributed by atoms with E-state index in [1.165, 1.54) is 33.2 Å². The summed E-state index contributed by atoms with van der Waals surface area (Å²) in [6, 6.07) is 0. The highest BCUT2D eigenvalue weighted by molar-refractivity contribution is 5.70. The second-order valence-corrected chi connectivity index (χ2v) is 4.64. The molecule has 1 atom stereocenters. The molecule has 1 unspecified atom stereocenters. The van der Waals surface area contributed by atoms with E-state index in [1.807, 2.05) is 0 Å². The zero-order valence-electron chi connectivity index (χ0n) is 9.65. The van der Waals surface area contributed by atoms with E-state index in [0.29, 0.717) is 0 Å². The summed E-state index contributed by atoms with van der Waals surface area (Å²) in [6.45, 7) is 4.06. The second kappa shape index (κ2) is 4.38. The molecule has 7 heteroatoms. The molecule has 0 aromatic carbocycles. The van der Waals surface area contributed by atoms with E-state index in [4.69, 9.17) is 0 Å². The third-order valence-corrected chi connectivity index (χ3v) is 2.02. The van der Waals surface area contributed by atoms with Crippen LogP contribution in [0.2, 0.25) is 0 Å². The maximum absolute atomic E-state index is 12.7. The van der Waals surface area contributed by atoms with Crippen molar-refractivity contribution in [2.24, 2.45) is 5.41 Å². The molecule has 0 spiro atoms. The number of halogens is 3. The van der Waals surface area contributed by atoms with Crippen LogP contribution < -0.4 is 0 Å². The van der Waals surface area contributed by atoms with Gasteiger partial charge in [-0.1, -0.05) is 20.8 Å². The van der Waals surface area contributed by atoms with Gasteiger partial charge in [0, 0.05) is 17.8 Å². The molecule has 0 aliphatic rings. The standard InChI is InChI=1S/C10H13F3N2O2/c1-9(2,3)7(10(11,12)13)17-8(16)15-5-4-14-6-15/h4-7H,1-3H3. The van der Waals surface area contributed by atoms with E-state index in [1.54, 1.807) is 0 Å². The first kappa shape index (κ1) is 13.5. The maximum Gasteiger partial charge on any atom is 0.426 e. The number of ether oxygens (including phenoxy) is 1. The highest BCUT2D eigenvalue weighted by Gasteiger charge is 2.50. The van der Waals surface area contributed by atoms with Gasteiger partial charge >= 0.3 is 12.3 Å². The van der Waals surface area contributed by atoms with Crippen LogP contribution in [0.5, 0.6) is 0 Å². The Morgan fingerprint density at radius 2 is 1.94 bits per heavy atom. The van der Waals surface area contributed by atoms with Crippen LogP contribution in [0.1, 0.15) is 20.8 Å². The van der Waals surface area contributed by atoms with Crippen LogP contribution in [0.3, 0.4) is 0 Å². The molecule has 1 aromatic heterocycles.